The second kappa shape index (κ2) is 15.1. The molecule has 1 saturated heterocycles. The van der Waals surface area contributed by atoms with Crippen molar-refractivity contribution in [2.45, 2.75) is 34.2 Å². The number of thioether (sulfide) groups is 1. The van der Waals surface area contributed by atoms with Crippen LogP contribution in [0.3, 0.4) is 0 Å². The lowest BCUT2D eigenvalue weighted by molar-refractivity contribution is -0.151. The van der Waals surface area contributed by atoms with Crippen LogP contribution in [0.4, 0.5) is 4.79 Å². The molecule has 4 rings (SSSR count). The maximum absolute atomic E-state index is 13.7. The first-order chi connectivity index (χ1) is 21.8. The molecule has 0 radical (unpaired) electrons. The number of esters is 1. The summed E-state index contributed by atoms with van der Waals surface area (Å²) in [5.41, 5.74) is 0.628. The van der Waals surface area contributed by atoms with E-state index in [4.69, 9.17) is 44.3 Å². The number of amides is 4. The summed E-state index contributed by atoms with van der Waals surface area (Å²) in [7, 11) is 0. The van der Waals surface area contributed by atoms with Crippen LogP contribution < -0.4 is 16.0 Å². The van der Waals surface area contributed by atoms with Crippen LogP contribution in [0.2, 0.25) is 0 Å². The summed E-state index contributed by atoms with van der Waals surface area (Å²) in [6, 6.07) is 12.5. The lowest BCUT2D eigenvalue weighted by atomic mass is 10.00. The number of nitrogens with one attached hydrogen (secondary N) is 3. The highest BCUT2D eigenvalue weighted by atomic mass is 35.6. The second-order valence-electron chi connectivity index (χ2n) is 9.97. The monoisotopic (exact) mass is 712 g/mol. The van der Waals surface area contributed by atoms with Crippen LogP contribution in [0.1, 0.15) is 30.1 Å². The fraction of sp³-hybridized carbons (Fsp3) is 0.310. The number of aliphatic carboxylic acids is 1. The van der Waals surface area contributed by atoms with E-state index in [0.29, 0.717) is 11.1 Å². The number of carboxylic acid groups (broad SMARTS) is 1. The second-order valence-corrected chi connectivity index (χ2v) is 13.6. The number of benzene rings is 2. The van der Waals surface area contributed by atoms with Crippen LogP contribution in [0.5, 0.6) is 0 Å². The summed E-state index contributed by atoms with van der Waals surface area (Å²) >= 11 is 18.2. The largest absolute Gasteiger partial charge is 0.477 e. The van der Waals surface area contributed by atoms with Crippen molar-refractivity contribution in [1.82, 2.24) is 20.9 Å². The van der Waals surface area contributed by atoms with Crippen LogP contribution >= 0.6 is 46.6 Å². The SMILES string of the molecule is CC(=O)OCC1=C(C(=O)O)N2C(=O)[C@@H](NC(=O)[C@@H](NC(=O)C(NC(=O)OCC(Cl)(Cl)Cl)c3ccccc3)c3ccccc3)[C@H]2SC1. The van der Waals surface area contributed by atoms with Crippen molar-refractivity contribution in [3.63, 3.8) is 0 Å². The first-order valence-corrected chi connectivity index (χ1v) is 15.7. The fourth-order valence-corrected chi connectivity index (χ4v) is 6.13. The van der Waals surface area contributed by atoms with Gasteiger partial charge in [-0.1, -0.05) is 95.5 Å². The Morgan fingerprint density at radius 3 is 2.02 bits per heavy atom. The Bertz CT molecular complexity index is 1540. The van der Waals surface area contributed by atoms with E-state index in [2.05, 4.69) is 16.0 Å². The number of fused-ring (bicyclic) bond motifs is 1. The van der Waals surface area contributed by atoms with Gasteiger partial charge >= 0.3 is 18.0 Å². The average molecular weight is 714 g/mol. The summed E-state index contributed by atoms with van der Waals surface area (Å²) in [5.74, 6) is -4.12. The fourth-order valence-electron chi connectivity index (χ4n) is 4.64. The number of hydrogen-bond donors (Lipinski definition) is 4. The van der Waals surface area contributed by atoms with Gasteiger partial charge in [0.05, 0.1) is 0 Å². The molecule has 2 aromatic rings. The molecule has 4 atom stereocenters. The number of halogens is 3. The first kappa shape index (κ1) is 34.9. The molecule has 1 unspecified atom stereocenters. The number of alkyl carbamates (subject to hydrolysis) is 1. The molecule has 244 valence electrons. The van der Waals surface area contributed by atoms with E-state index in [-0.39, 0.29) is 23.6 Å². The predicted molar refractivity (Wildman–Crippen MR) is 168 cm³/mol. The van der Waals surface area contributed by atoms with Gasteiger partial charge in [-0.15, -0.1) is 11.8 Å². The molecule has 4 N–H and O–H groups in total. The molecule has 0 aromatic heterocycles. The van der Waals surface area contributed by atoms with E-state index in [0.717, 1.165) is 4.90 Å². The van der Waals surface area contributed by atoms with Gasteiger partial charge in [0.15, 0.2) is 0 Å². The maximum Gasteiger partial charge on any atom is 0.408 e. The van der Waals surface area contributed by atoms with Crippen LogP contribution in [0.15, 0.2) is 71.9 Å². The van der Waals surface area contributed by atoms with Gasteiger partial charge < -0.3 is 30.5 Å². The number of nitrogens with zero attached hydrogens (tertiary/aromatic N) is 1. The number of hydrogen-bond acceptors (Lipinski definition) is 9. The predicted octanol–water partition coefficient (Wildman–Crippen LogP) is 2.98. The number of ether oxygens (including phenoxy) is 2. The third kappa shape index (κ3) is 8.63. The maximum atomic E-state index is 13.7. The van der Waals surface area contributed by atoms with E-state index in [1.54, 1.807) is 60.7 Å². The van der Waals surface area contributed by atoms with E-state index >= 15 is 0 Å². The number of carboxylic acids is 1. The third-order valence-corrected chi connectivity index (χ3v) is 8.37. The smallest absolute Gasteiger partial charge is 0.408 e. The third-order valence-electron chi connectivity index (χ3n) is 6.70. The zero-order chi connectivity index (χ0) is 33.6. The number of rotatable bonds is 11. The summed E-state index contributed by atoms with van der Waals surface area (Å²) in [6.45, 7) is 0.282. The molecule has 0 bridgehead atoms. The van der Waals surface area contributed by atoms with Gasteiger partial charge in [-0.3, -0.25) is 24.1 Å². The zero-order valence-corrected chi connectivity index (χ0v) is 27.0. The van der Waals surface area contributed by atoms with Crippen LogP contribution in [0.25, 0.3) is 0 Å². The van der Waals surface area contributed by atoms with Gasteiger partial charge in [-0.05, 0) is 11.1 Å². The molecule has 13 nitrogen and oxygen atoms in total. The van der Waals surface area contributed by atoms with E-state index < -0.39 is 69.7 Å². The van der Waals surface area contributed by atoms with Crippen molar-refractivity contribution in [1.29, 1.82) is 0 Å². The normalized spacial score (nSPS) is 18.7. The first-order valence-electron chi connectivity index (χ1n) is 13.5. The Kier molecular flexibility index (Phi) is 11.4. The molecule has 2 aliphatic heterocycles. The van der Waals surface area contributed by atoms with Gasteiger partial charge in [0.1, 0.15) is 42.4 Å². The van der Waals surface area contributed by atoms with Gasteiger partial charge in [-0.25, -0.2) is 9.59 Å². The van der Waals surface area contributed by atoms with Crippen molar-refractivity contribution in [3.05, 3.63) is 83.1 Å². The van der Waals surface area contributed by atoms with Gasteiger partial charge in [0, 0.05) is 18.2 Å². The van der Waals surface area contributed by atoms with Crippen LogP contribution in [-0.4, -0.2) is 79.9 Å². The molecule has 46 heavy (non-hydrogen) atoms. The Labute approximate surface area is 281 Å². The van der Waals surface area contributed by atoms with Crippen molar-refractivity contribution >= 4 is 82.3 Å². The molecular weight excluding hydrogens is 687 g/mol. The van der Waals surface area contributed by atoms with Crippen LogP contribution in [-0.2, 0) is 33.4 Å². The molecule has 17 heteroatoms. The molecule has 0 aliphatic carbocycles. The molecule has 0 saturated carbocycles. The lowest BCUT2D eigenvalue weighted by Gasteiger charge is -2.49. The number of β-lactam (4-membered cyclic amide) rings is 1. The molecule has 2 aromatic carbocycles. The Balaban J connectivity index is 1.54. The molecule has 2 heterocycles. The molecule has 1 fully saturated rings. The van der Waals surface area contributed by atoms with Crippen LogP contribution in [0, 0.1) is 0 Å². The topological polar surface area (TPSA) is 180 Å². The summed E-state index contributed by atoms with van der Waals surface area (Å²) in [4.78, 5) is 77.4. The molecule has 2 aliphatic rings. The van der Waals surface area contributed by atoms with Gasteiger partial charge in [-0.2, -0.15) is 0 Å². The highest BCUT2D eigenvalue weighted by Crippen LogP contribution is 2.40. The Morgan fingerprint density at radius 2 is 1.50 bits per heavy atom. The minimum absolute atomic E-state index is 0.132. The molecule has 0 spiro atoms. The summed E-state index contributed by atoms with van der Waals surface area (Å²) < 4.78 is 7.97. The standard InChI is InChI=1S/C29H27Cl3N4O9S/c1-15(37)44-12-18-13-46-26-21(25(40)36(26)22(18)27(41)42)34-23(38)19(16-8-4-2-5-9-16)33-24(39)20(17-10-6-3-7-11-17)35-28(43)45-14-29(30,31)32/h2-11,19-21,26H,12-14H2,1H3,(H,33,39)(H,34,38)(H,35,43)(H,41,42)/t19-,20?,21+,26+/m0/s1. The minimum Gasteiger partial charge on any atom is -0.477 e. The Hall–Kier alpha value is -3.98. The number of alkyl halides is 3. The molecular formula is C29H27Cl3N4O9S. The van der Waals surface area contributed by atoms with E-state index in [1.807, 2.05) is 0 Å². The van der Waals surface area contributed by atoms with Crippen molar-refractivity contribution in [3.8, 4) is 0 Å². The summed E-state index contributed by atoms with van der Waals surface area (Å²) in [6.07, 6.45) is -1.07. The Morgan fingerprint density at radius 1 is 0.935 bits per heavy atom. The van der Waals surface area contributed by atoms with E-state index in [1.165, 1.54) is 18.7 Å². The zero-order valence-electron chi connectivity index (χ0n) is 23.9. The van der Waals surface area contributed by atoms with Crippen molar-refractivity contribution in [2.24, 2.45) is 0 Å². The lowest BCUT2D eigenvalue weighted by Crippen LogP contribution is -2.71. The van der Waals surface area contributed by atoms with Crippen molar-refractivity contribution in [2.75, 3.05) is 19.0 Å². The summed E-state index contributed by atoms with van der Waals surface area (Å²) in [5, 5.41) is 16.7. The highest BCUT2D eigenvalue weighted by molar-refractivity contribution is 8.00. The van der Waals surface area contributed by atoms with Crippen molar-refractivity contribution < 1.29 is 43.3 Å². The van der Waals surface area contributed by atoms with Gasteiger partial charge in [0.2, 0.25) is 15.6 Å². The highest BCUT2D eigenvalue weighted by Gasteiger charge is 2.54. The quantitative estimate of drug-likeness (QED) is 0.154. The molecule has 4 amide bonds. The number of carbonyl (C=O) groups is 6. The van der Waals surface area contributed by atoms with E-state index in [9.17, 15) is 33.9 Å². The van der Waals surface area contributed by atoms with Gasteiger partial charge in [0.25, 0.3) is 5.91 Å². The minimum atomic E-state index is -1.89. The number of carbonyl (C=O) groups excluding carboxylic acids is 5. The average Bonchev–Trinajstić information content (AvgIpc) is 3.02.